The van der Waals surface area contributed by atoms with Gasteiger partial charge in [0.2, 0.25) is 0 Å². The Morgan fingerprint density at radius 2 is 1.87 bits per heavy atom. The van der Waals surface area contributed by atoms with E-state index in [1.807, 2.05) is 0 Å². The van der Waals surface area contributed by atoms with E-state index in [-0.39, 0.29) is 5.56 Å². The van der Waals surface area contributed by atoms with E-state index in [1.165, 1.54) is 19.1 Å². The van der Waals surface area contributed by atoms with Crippen molar-refractivity contribution in [3.63, 3.8) is 0 Å². The fraction of sp³-hybridized carbons (Fsp3) is 0.471. The van der Waals surface area contributed by atoms with Crippen molar-refractivity contribution in [2.45, 2.75) is 50.7 Å². The van der Waals surface area contributed by atoms with Gasteiger partial charge < -0.3 is 10.1 Å². The van der Waals surface area contributed by atoms with Gasteiger partial charge >= 0.3 is 5.97 Å². The molecule has 1 aliphatic rings. The van der Waals surface area contributed by atoms with Crippen LogP contribution >= 0.6 is 0 Å². The maximum absolute atomic E-state index is 12.8. The molecule has 1 aromatic rings. The molecule has 1 aliphatic carbocycles. The summed E-state index contributed by atoms with van der Waals surface area (Å²) in [4.78, 5) is 24.1. The number of hydrogen-bond acceptors (Lipinski definition) is 4. The Bertz CT molecular complexity index is 616. The minimum atomic E-state index is -1.03. The van der Waals surface area contributed by atoms with Gasteiger partial charge in [0.15, 0.2) is 6.10 Å². The van der Waals surface area contributed by atoms with Crippen LogP contribution in [0.2, 0.25) is 0 Å². The van der Waals surface area contributed by atoms with Crippen molar-refractivity contribution in [2.75, 3.05) is 0 Å². The summed E-state index contributed by atoms with van der Waals surface area (Å²) in [6.07, 6.45) is 3.01. The lowest BCUT2D eigenvalue weighted by molar-refractivity contribution is -0.130. The summed E-state index contributed by atoms with van der Waals surface area (Å²) >= 11 is 0. The van der Waals surface area contributed by atoms with Gasteiger partial charge in [0.05, 0.1) is 11.6 Å². The van der Waals surface area contributed by atoms with Gasteiger partial charge in [0, 0.05) is 0 Å². The van der Waals surface area contributed by atoms with Crippen molar-refractivity contribution in [1.82, 2.24) is 5.32 Å². The molecule has 0 spiro atoms. The van der Waals surface area contributed by atoms with E-state index < -0.39 is 29.3 Å². The Morgan fingerprint density at radius 3 is 2.43 bits per heavy atom. The fourth-order valence-corrected chi connectivity index (χ4v) is 2.63. The molecule has 1 N–H and O–H groups in total. The quantitative estimate of drug-likeness (QED) is 0.866. The molecule has 2 rings (SSSR count). The predicted molar refractivity (Wildman–Crippen MR) is 80.8 cm³/mol. The first-order valence-electron chi connectivity index (χ1n) is 7.66. The van der Waals surface area contributed by atoms with Crippen molar-refractivity contribution in [3.8, 4) is 6.07 Å². The summed E-state index contributed by atoms with van der Waals surface area (Å²) in [5.74, 6) is -1.66. The number of carbonyl (C=O) groups excluding carboxylic acids is 2. The van der Waals surface area contributed by atoms with E-state index in [9.17, 15) is 19.2 Å². The van der Waals surface area contributed by atoms with Gasteiger partial charge in [-0.1, -0.05) is 19.3 Å². The van der Waals surface area contributed by atoms with Crippen LogP contribution in [0.5, 0.6) is 0 Å². The number of benzene rings is 1. The van der Waals surface area contributed by atoms with Crippen LogP contribution in [0.4, 0.5) is 4.39 Å². The maximum atomic E-state index is 12.8. The van der Waals surface area contributed by atoms with E-state index >= 15 is 0 Å². The molecule has 122 valence electrons. The summed E-state index contributed by atoms with van der Waals surface area (Å²) in [5, 5.41) is 12.1. The molecule has 1 saturated carbocycles. The zero-order chi connectivity index (χ0) is 16.9. The Kier molecular flexibility index (Phi) is 5.32. The number of ether oxygens (including phenoxy) is 1. The summed E-state index contributed by atoms with van der Waals surface area (Å²) in [5.41, 5.74) is -0.704. The zero-order valence-electron chi connectivity index (χ0n) is 13.0. The third kappa shape index (κ3) is 4.28. The molecular weight excluding hydrogens is 299 g/mol. The largest absolute Gasteiger partial charge is 0.449 e. The molecule has 0 bridgehead atoms. The van der Waals surface area contributed by atoms with Crippen molar-refractivity contribution in [3.05, 3.63) is 35.6 Å². The first kappa shape index (κ1) is 16.9. The third-order valence-electron chi connectivity index (χ3n) is 4.02. The lowest BCUT2D eigenvalue weighted by atomic mass is 9.83. The number of nitrogens with one attached hydrogen (secondary N) is 1. The predicted octanol–water partition coefficient (Wildman–Crippen LogP) is 2.71. The van der Waals surface area contributed by atoms with Crippen LogP contribution in [0.1, 0.15) is 49.4 Å². The van der Waals surface area contributed by atoms with E-state index in [2.05, 4.69) is 11.4 Å². The van der Waals surface area contributed by atoms with Crippen molar-refractivity contribution in [1.29, 1.82) is 5.26 Å². The standard InChI is InChI=1S/C17H19FN2O3/c1-12(23-16(22)13-5-7-14(18)8-6-13)15(21)20-17(11-19)9-3-2-4-10-17/h5-8,12H,2-4,9-10H2,1H3,(H,20,21)/t12-/m0/s1. The maximum Gasteiger partial charge on any atom is 0.338 e. The van der Waals surface area contributed by atoms with E-state index in [1.54, 1.807) is 0 Å². The highest BCUT2D eigenvalue weighted by Crippen LogP contribution is 2.27. The van der Waals surface area contributed by atoms with Crippen molar-refractivity contribution in [2.24, 2.45) is 0 Å². The normalized spacial score (nSPS) is 17.6. The zero-order valence-corrected chi connectivity index (χ0v) is 13.0. The molecule has 0 aliphatic heterocycles. The lowest BCUT2D eigenvalue weighted by Crippen LogP contribution is -2.52. The number of carbonyl (C=O) groups is 2. The molecule has 5 nitrogen and oxygen atoms in total. The van der Waals surface area contributed by atoms with E-state index in [0.29, 0.717) is 12.8 Å². The number of halogens is 1. The van der Waals surface area contributed by atoms with Crippen LogP contribution in [0.3, 0.4) is 0 Å². The second kappa shape index (κ2) is 7.23. The Balaban J connectivity index is 1.95. The van der Waals surface area contributed by atoms with Gasteiger partial charge in [-0.05, 0) is 44.0 Å². The molecule has 0 aromatic heterocycles. The first-order chi connectivity index (χ1) is 11.0. The molecule has 1 atom stereocenters. The molecule has 23 heavy (non-hydrogen) atoms. The molecule has 0 heterocycles. The highest BCUT2D eigenvalue weighted by Gasteiger charge is 2.35. The smallest absolute Gasteiger partial charge is 0.338 e. The molecule has 1 fully saturated rings. The SMILES string of the molecule is C[C@H](OC(=O)c1ccc(F)cc1)C(=O)NC1(C#N)CCCCC1. The molecule has 1 amide bonds. The van der Waals surface area contributed by atoms with E-state index in [0.717, 1.165) is 31.4 Å². The van der Waals surface area contributed by atoms with Crippen LogP contribution in [0.25, 0.3) is 0 Å². The van der Waals surface area contributed by atoms with Gasteiger partial charge in [-0.3, -0.25) is 4.79 Å². The Labute approximate surface area is 134 Å². The second-order valence-corrected chi connectivity index (χ2v) is 5.80. The van der Waals surface area contributed by atoms with Crippen molar-refractivity contribution >= 4 is 11.9 Å². The van der Waals surface area contributed by atoms with Crippen LogP contribution in [-0.2, 0) is 9.53 Å². The Morgan fingerprint density at radius 1 is 1.26 bits per heavy atom. The minimum absolute atomic E-state index is 0.165. The average Bonchev–Trinajstić information content (AvgIpc) is 2.56. The van der Waals surface area contributed by atoms with Crippen LogP contribution < -0.4 is 5.32 Å². The molecular formula is C17H19FN2O3. The summed E-state index contributed by atoms with van der Waals surface area (Å²) in [6, 6.07) is 7.06. The molecule has 0 unspecified atom stereocenters. The highest BCUT2D eigenvalue weighted by atomic mass is 19.1. The first-order valence-corrected chi connectivity index (χ1v) is 7.66. The lowest BCUT2D eigenvalue weighted by Gasteiger charge is -2.32. The van der Waals surface area contributed by atoms with Crippen LogP contribution in [0.15, 0.2) is 24.3 Å². The molecule has 0 saturated heterocycles. The monoisotopic (exact) mass is 318 g/mol. The number of nitrogens with zero attached hydrogens (tertiary/aromatic N) is 1. The van der Waals surface area contributed by atoms with Crippen LogP contribution in [-0.4, -0.2) is 23.5 Å². The average molecular weight is 318 g/mol. The molecule has 1 aromatic carbocycles. The molecule has 0 radical (unpaired) electrons. The number of esters is 1. The Hall–Kier alpha value is -2.42. The van der Waals surface area contributed by atoms with Crippen LogP contribution in [0, 0.1) is 17.1 Å². The number of amides is 1. The second-order valence-electron chi connectivity index (χ2n) is 5.80. The summed E-state index contributed by atoms with van der Waals surface area (Å²) in [7, 11) is 0. The van der Waals surface area contributed by atoms with Gasteiger partial charge in [-0.2, -0.15) is 5.26 Å². The topological polar surface area (TPSA) is 79.2 Å². The highest BCUT2D eigenvalue weighted by molar-refractivity contribution is 5.92. The number of nitriles is 1. The van der Waals surface area contributed by atoms with E-state index in [4.69, 9.17) is 4.74 Å². The minimum Gasteiger partial charge on any atom is -0.449 e. The fourth-order valence-electron chi connectivity index (χ4n) is 2.63. The van der Waals surface area contributed by atoms with Gasteiger partial charge in [0.1, 0.15) is 11.4 Å². The van der Waals surface area contributed by atoms with Gasteiger partial charge in [-0.15, -0.1) is 0 Å². The summed E-state index contributed by atoms with van der Waals surface area (Å²) in [6.45, 7) is 1.45. The molecule has 6 heteroatoms. The van der Waals surface area contributed by atoms with Crippen molar-refractivity contribution < 1.29 is 18.7 Å². The number of hydrogen-bond donors (Lipinski definition) is 1. The summed E-state index contributed by atoms with van der Waals surface area (Å²) < 4.78 is 17.9. The van der Waals surface area contributed by atoms with Gasteiger partial charge in [-0.25, -0.2) is 9.18 Å². The third-order valence-corrected chi connectivity index (χ3v) is 4.02. The number of rotatable bonds is 4. The van der Waals surface area contributed by atoms with Gasteiger partial charge in [0.25, 0.3) is 5.91 Å².